The first kappa shape index (κ1) is 13.6. The lowest BCUT2D eigenvalue weighted by Crippen LogP contribution is -2.46. The Morgan fingerprint density at radius 1 is 1.39 bits per heavy atom. The Morgan fingerprint density at radius 3 is 2.72 bits per heavy atom. The third-order valence-electron chi connectivity index (χ3n) is 3.69. The number of piperidine rings is 1. The zero-order valence-corrected chi connectivity index (χ0v) is 12.4. The highest BCUT2D eigenvalue weighted by Crippen LogP contribution is 2.35. The summed E-state index contributed by atoms with van der Waals surface area (Å²) in [5, 5.41) is 0.250. The van der Waals surface area contributed by atoms with Gasteiger partial charge >= 0.3 is 0 Å². The van der Waals surface area contributed by atoms with Gasteiger partial charge in [-0.25, -0.2) is 9.97 Å². The van der Waals surface area contributed by atoms with E-state index in [0.717, 1.165) is 31.0 Å². The Bertz CT molecular complexity index is 417. The van der Waals surface area contributed by atoms with E-state index in [0.29, 0.717) is 5.92 Å². The van der Waals surface area contributed by atoms with Crippen LogP contribution in [0.5, 0.6) is 0 Å². The van der Waals surface area contributed by atoms with Gasteiger partial charge < -0.3 is 4.90 Å². The molecule has 1 aliphatic heterocycles. The van der Waals surface area contributed by atoms with E-state index in [4.69, 9.17) is 11.6 Å². The fraction of sp³-hybridized carbons (Fsp3) is 0.714. The highest BCUT2D eigenvalue weighted by molar-refractivity contribution is 6.21. The maximum atomic E-state index is 6.38. The number of nitrogens with zero attached hydrogens (tertiary/aromatic N) is 3. The van der Waals surface area contributed by atoms with Crippen LogP contribution >= 0.6 is 11.6 Å². The summed E-state index contributed by atoms with van der Waals surface area (Å²) in [6, 6.07) is 2.11. The molecule has 0 aliphatic carbocycles. The molecule has 4 heteroatoms. The van der Waals surface area contributed by atoms with E-state index >= 15 is 0 Å². The summed E-state index contributed by atoms with van der Waals surface area (Å²) in [5.41, 5.74) is 1.23. The minimum atomic E-state index is 0.128. The van der Waals surface area contributed by atoms with E-state index in [9.17, 15) is 0 Å². The lowest BCUT2D eigenvalue weighted by atomic mass is 9.83. The molecule has 1 aliphatic rings. The number of anilines is 1. The molecule has 1 unspecified atom stereocenters. The number of rotatable bonds is 2. The topological polar surface area (TPSA) is 29.0 Å². The van der Waals surface area contributed by atoms with Gasteiger partial charge in [0.15, 0.2) is 0 Å². The van der Waals surface area contributed by atoms with Crippen molar-refractivity contribution in [3.8, 4) is 0 Å². The van der Waals surface area contributed by atoms with E-state index in [1.54, 1.807) is 6.33 Å². The second-order valence-electron chi connectivity index (χ2n) is 6.12. The minimum Gasteiger partial charge on any atom is -0.356 e. The number of halogens is 1. The summed E-state index contributed by atoms with van der Waals surface area (Å²) >= 11 is 6.38. The van der Waals surface area contributed by atoms with Crippen molar-refractivity contribution in [2.45, 2.75) is 45.4 Å². The smallest absolute Gasteiger partial charge is 0.132 e. The molecule has 0 radical (unpaired) electrons. The summed E-state index contributed by atoms with van der Waals surface area (Å²) < 4.78 is 0. The molecule has 1 fully saturated rings. The van der Waals surface area contributed by atoms with Crippen LogP contribution in [0.2, 0.25) is 0 Å². The third-order valence-corrected chi connectivity index (χ3v) is 4.50. The normalized spacial score (nSPS) is 23.4. The standard InChI is InChI=1S/C14H22ClN3/c1-10(2)11-7-13(17-9-16-11)18-6-5-12(15)14(3,4)8-18/h7,9-10,12H,5-6,8H2,1-4H3. The maximum Gasteiger partial charge on any atom is 0.132 e. The van der Waals surface area contributed by atoms with Crippen molar-refractivity contribution in [1.82, 2.24) is 9.97 Å². The van der Waals surface area contributed by atoms with Crippen molar-refractivity contribution in [1.29, 1.82) is 0 Å². The Balaban J connectivity index is 2.19. The molecule has 2 heterocycles. The summed E-state index contributed by atoms with van der Waals surface area (Å²) in [6.07, 6.45) is 2.68. The molecule has 0 bridgehead atoms. The molecular formula is C14H22ClN3. The van der Waals surface area contributed by atoms with Gasteiger partial charge in [-0.1, -0.05) is 27.7 Å². The molecule has 18 heavy (non-hydrogen) atoms. The molecule has 2 rings (SSSR count). The fourth-order valence-electron chi connectivity index (χ4n) is 2.38. The van der Waals surface area contributed by atoms with Crippen molar-refractivity contribution >= 4 is 17.4 Å². The van der Waals surface area contributed by atoms with Crippen LogP contribution in [0.15, 0.2) is 12.4 Å². The summed E-state index contributed by atoms with van der Waals surface area (Å²) in [5.74, 6) is 1.47. The predicted octanol–water partition coefficient (Wildman–Crippen LogP) is 3.44. The maximum absolute atomic E-state index is 6.38. The van der Waals surface area contributed by atoms with Crippen molar-refractivity contribution in [2.75, 3.05) is 18.0 Å². The van der Waals surface area contributed by atoms with Crippen LogP contribution in [0.1, 0.15) is 45.7 Å². The number of alkyl halides is 1. The summed E-state index contributed by atoms with van der Waals surface area (Å²) in [4.78, 5) is 11.1. The van der Waals surface area contributed by atoms with Crippen LogP contribution in [-0.2, 0) is 0 Å². The molecule has 100 valence electrons. The molecule has 0 spiro atoms. The molecule has 0 saturated carbocycles. The molecule has 1 saturated heterocycles. The fourth-order valence-corrected chi connectivity index (χ4v) is 2.54. The monoisotopic (exact) mass is 267 g/mol. The zero-order chi connectivity index (χ0) is 13.3. The van der Waals surface area contributed by atoms with Gasteiger partial charge in [0, 0.05) is 30.2 Å². The molecule has 1 aromatic rings. The van der Waals surface area contributed by atoms with Crippen molar-refractivity contribution in [3.05, 3.63) is 18.1 Å². The Hall–Kier alpha value is -0.830. The molecular weight excluding hydrogens is 246 g/mol. The van der Waals surface area contributed by atoms with Crippen LogP contribution < -0.4 is 4.90 Å². The average molecular weight is 268 g/mol. The summed E-state index contributed by atoms with van der Waals surface area (Å²) in [6.45, 7) is 10.7. The zero-order valence-electron chi connectivity index (χ0n) is 11.7. The molecule has 0 aromatic carbocycles. The first-order valence-corrected chi connectivity index (χ1v) is 7.05. The van der Waals surface area contributed by atoms with Crippen molar-refractivity contribution in [2.24, 2.45) is 5.41 Å². The number of hydrogen-bond donors (Lipinski definition) is 0. The average Bonchev–Trinajstić information content (AvgIpc) is 2.33. The van der Waals surface area contributed by atoms with Gasteiger partial charge in [-0.2, -0.15) is 0 Å². The number of aromatic nitrogens is 2. The van der Waals surface area contributed by atoms with Crippen LogP contribution in [0.3, 0.4) is 0 Å². The lowest BCUT2D eigenvalue weighted by Gasteiger charge is -2.42. The van der Waals surface area contributed by atoms with Crippen molar-refractivity contribution < 1.29 is 0 Å². The second-order valence-corrected chi connectivity index (χ2v) is 6.65. The second kappa shape index (κ2) is 5.04. The third kappa shape index (κ3) is 2.77. The lowest BCUT2D eigenvalue weighted by molar-refractivity contribution is 0.299. The van der Waals surface area contributed by atoms with Gasteiger partial charge in [-0.3, -0.25) is 0 Å². The molecule has 1 aromatic heterocycles. The van der Waals surface area contributed by atoms with E-state index in [1.165, 1.54) is 0 Å². The summed E-state index contributed by atoms with van der Waals surface area (Å²) in [7, 11) is 0. The van der Waals surface area contributed by atoms with E-state index in [1.807, 2.05) is 0 Å². The van der Waals surface area contributed by atoms with Gasteiger partial charge in [0.1, 0.15) is 12.1 Å². The van der Waals surface area contributed by atoms with Gasteiger partial charge in [-0.05, 0) is 17.8 Å². The largest absolute Gasteiger partial charge is 0.356 e. The highest BCUT2D eigenvalue weighted by Gasteiger charge is 2.35. The van der Waals surface area contributed by atoms with Crippen molar-refractivity contribution in [3.63, 3.8) is 0 Å². The van der Waals surface area contributed by atoms with Gasteiger partial charge in [0.25, 0.3) is 0 Å². The first-order valence-electron chi connectivity index (χ1n) is 6.61. The quantitative estimate of drug-likeness (QED) is 0.769. The van der Waals surface area contributed by atoms with Crippen LogP contribution in [0.4, 0.5) is 5.82 Å². The van der Waals surface area contributed by atoms with E-state index in [-0.39, 0.29) is 10.8 Å². The SMILES string of the molecule is CC(C)c1cc(N2CCC(Cl)C(C)(C)C2)ncn1. The predicted molar refractivity (Wildman–Crippen MR) is 76.4 cm³/mol. The highest BCUT2D eigenvalue weighted by atomic mass is 35.5. The molecule has 0 amide bonds. The van der Waals surface area contributed by atoms with E-state index in [2.05, 4.69) is 48.6 Å². The molecule has 0 N–H and O–H groups in total. The molecule has 1 atom stereocenters. The Morgan fingerprint density at radius 2 is 2.11 bits per heavy atom. The van der Waals surface area contributed by atoms with Crippen LogP contribution in [0, 0.1) is 5.41 Å². The molecule has 3 nitrogen and oxygen atoms in total. The van der Waals surface area contributed by atoms with E-state index < -0.39 is 0 Å². The minimum absolute atomic E-state index is 0.128. The van der Waals surface area contributed by atoms with Gasteiger partial charge in [0.2, 0.25) is 0 Å². The van der Waals surface area contributed by atoms with Gasteiger partial charge in [-0.15, -0.1) is 11.6 Å². The van der Waals surface area contributed by atoms with Gasteiger partial charge in [0.05, 0.1) is 0 Å². The number of hydrogen-bond acceptors (Lipinski definition) is 3. The Labute approximate surface area is 115 Å². The Kier molecular flexibility index (Phi) is 3.81. The first-order chi connectivity index (χ1) is 8.40. The van der Waals surface area contributed by atoms with Crippen LogP contribution in [0.25, 0.3) is 0 Å². The van der Waals surface area contributed by atoms with Crippen LogP contribution in [-0.4, -0.2) is 28.4 Å².